The van der Waals surface area contributed by atoms with Gasteiger partial charge in [0, 0.05) is 6.42 Å². The van der Waals surface area contributed by atoms with Gasteiger partial charge >= 0.3 is 0 Å². The summed E-state index contributed by atoms with van der Waals surface area (Å²) < 4.78 is 34.5. The van der Waals surface area contributed by atoms with Gasteiger partial charge in [0.2, 0.25) is 5.91 Å². The number of carbonyl (C=O) groups is 1. The van der Waals surface area contributed by atoms with E-state index >= 15 is 0 Å². The minimum absolute atomic E-state index is 0.233. The van der Waals surface area contributed by atoms with Crippen molar-refractivity contribution in [3.05, 3.63) is 48.6 Å². The second-order valence-corrected chi connectivity index (χ2v) is 30.3. The molecule has 0 spiro atoms. The van der Waals surface area contributed by atoms with Crippen LogP contribution in [0.4, 0.5) is 0 Å². The van der Waals surface area contributed by atoms with Crippen LogP contribution in [0.2, 0.25) is 0 Å². The molecule has 0 bridgehead atoms. The van der Waals surface area contributed by atoms with Crippen LogP contribution in [0.5, 0.6) is 0 Å². The molecule has 0 aromatic carbocycles. The van der Waals surface area contributed by atoms with Crippen LogP contribution in [-0.2, 0) is 33.2 Å². The maximum atomic E-state index is 13.5. The molecule has 103 heavy (non-hydrogen) atoms. The van der Waals surface area contributed by atoms with Crippen molar-refractivity contribution in [2.24, 2.45) is 0 Å². The van der Waals surface area contributed by atoms with Crippen LogP contribution < -0.4 is 5.32 Å². The van der Waals surface area contributed by atoms with Crippen LogP contribution in [0.1, 0.15) is 348 Å². The van der Waals surface area contributed by atoms with Gasteiger partial charge in [-0.2, -0.15) is 0 Å². The molecule has 3 aliphatic rings. The zero-order chi connectivity index (χ0) is 74.6. The van der Waals surface area contributed by atoms with Crippen LogP contribution in [0.15, 0.2) is 48.6 Å². The molecule has 19 heteroatoms. The Bertz CT molecular complexity index is 2050. The molecule has 0 saturated carbocycles. The first-order valence-corrected chi connectivity index (χ1v) is 42.4. The average Bonchev–Trinajstić information content (AvgIpc) is 0.781. The number of allylic oxidation sites excluding steroid dienone is 7. The molecule has 604 valence electrons. The van der Waals surface area contributed by atoms with E-state index in [2.05, 4.69) is 55.6 Å². The maximum absolute atomic E-state index is 13.5. The minimum Gasteiger partial charge on any atom is -0.394 e. The third kappa shape index (κ3) is 44.3. The Kier molecular flexibility index (Phi) is 59.5. The van der Waals surface area contributed by atoms with Crippen LogP contribution >= 0.6 is 0 Å². The van der Waals surface area contributed by atoms with Crippen molar-refractivity contribution in [1.29, 1.82) is 0 Å². The number of aliphatic hydroxyl groups excluding tert-OH is 11. The topological polar surface area (TPSA) is 307 Å². The highest BCUT2D eigenvalue weighted by Gasteiger charge is 2.54. The van der Waals surface area contributed by atoms with E-state index in [9.17, 15) is 61.0 Å². The number of rotatable bonds is 68. The molecule has 3 rings (SSSR count). The second kappa shape index (κ2) is 64.6. The molecule has 12 N–H and O–H groups in total. The summed E-state index contributed by atoms with van der Waals surface area (Å²) >= 11 is 0. The van der Waals surface area contributed by atoms with Gasteiger partial charge in [0.05, 0.1) is 38.6 Å². The molecule has 0 radical (unpaired) electrons. The predicted molar refractivity (Wildman–Crippen MR) is 411 cm³/mol. The van der Waals surface area contributed by atoms with Gasteiger partial charge in [0.25, 0.3) is 0 Å². The number of nitrogens with one attached hydrogen (secondary N) is 1. The number of carbonyl (C=O) groups excluding carboxylic acids is 1. The van der Waals surface area contributed by atoms with Crippen molar-refractivity contribution in [3.8, 4) is 0 Å². The summed E-state index contributed by atoms with van der Waals surface area (Å²) in [5, 5.41) is 121. The molecule has 0 aromatic heterocycles. The summed E-state index contributed by atoms with van der Waals surface area (Å²) in [7, 11) is 0. The number of aliphatic hydroxyl groups is 11. The summed E-state index contributed by atoms with van der Waals surface area (Å²) in [6, 6.07) is -0.999. The molecule has 3 aliphatic heterocycles. The predicted octanol–water partition coefficient (Wildman–Crippen LogP) is 14.8. The third-order valence-electron chi connectivity index (χ3n) is 21.1. The van der Waals surface area contributed by atoms with Gasteiger partial charge in [-0.15, -0.1) is 0 Å². The molecule has 19 nitrogen and oxygen atoms in total. The van der Waals surface area contributed by atoms with E-state index in [1.165, 1.54) is 270 Å². The van der Waals surface area contributed by atoms with Gasteiger partial charge in [-0.25, -0.2) is 0 Å². The standard InChI is InChI=1S/C84H155NO18/c1-3-5-7-9-11-13-15-17-19-21-23-25-27-29-30-31-32-33-34-35-36-38-39-41-43-45-47-49-51-53-55-57-59-61-68(89)67(85-72(90)62-60-58-56-54-52-50-48-46-44-42-40-37-28-26-24-22-20-18-16-14-12-10-8-6-4-2)66-98-82-78(96)75(93)80(70(64-87)100-82)103-84-79(97)76(94)81(71(65-88)101-84)102-83-77(95)74(92)73(91)69(63-86)99-83/h22,24,43,45,51,53,59,61,67-71,73-84,86-89,91-97H,3-21,23,25-42,44,46-50,52,54-58,60,62-66H2,1-2H3,(H,85,90)/b24-22-,45-43+,53-51+,61-59+. The van der Waals surface area contributed by atoms with Gasteiger partial charge in [0.1, 0.15) is 73.2 Å². The van der Waals surface area contributed by atoms with Gasteiger partial charge in [0.15, 0.2) is 18.9 Å². The van der Waals surface area contributed by atoms with Crippen LogP contribution in [0.3, 0.4) is 0 Å². The van der Waals surface area contributed by atoms with E-state index in [-0.39, 0.29) is 18.9 Å². The van der Waals surface area contributed by atoms with Crippen LogP contribution in [0.25, 0.3) is 0 Å². The third-order valence-corrected chi connectivity index (χ3v) is 21.1. The summed E-state index contributed by atoms with van der Waals surface area (Å²) in [6.45, 7) is 1.76. The molecular formula is C84H155NO18. The van der Waals surface area contributed by atoms with Crippen molar-refractivity contribution in [1.82, 2.24) is 5.32 Å². The van der Waals surface area contributed by atoms with E-state index in [0.717, 1.165) is 44.9 Å². The lowest BCUT2D eigenvalue weighted by Gasteiger charge is -2.48. The number of hydrogen-bond acceptors (Lipinski definition) is 18. The first-order valence-electron chi connectivity index (χ1n) is 42.4. The fraction of sp³-hybridized carbons (Fsp3) is 0.893. The highest BCUT2D eigenvalue weighted by atomic mass is 16.8. The van der Waals surface area contributed by atoms with Crippen molar-refractivity contribution >= 4 is 5.91 Å². The molecule has 1 amide bonds. The monoisotopic (exact) mass is 1470 g/mol. The molecular weight excluding hydrogens is 1310 g/mol. The Balaban J connectivity index is 1.37. The Hall–Kier alpha value is -2.25. The van der Waals surface area contributed by atoms with Gasteiger partial charge in [-0.1, -0.05) is 319 Å². The summed E-state index contributed by atoms with van der Waals surface area (Å²) in [4.78, 5) is 13.5. The Morgan fingerprint density at radius 2 is 0.621 bits per heavy atom. The second-order valence-electron chi connectivity index (χ2n) is 30.3. The number of unbranched alkanes of at least 4 members (excludes halogenated alkanes) is 46. The fourth-order valence-corrected chi connectivity index (χ4v) is 14.3. The van der Waals surface area contributed by atoms with Crippen LogP contribution in [-0.4, -0.2) is 193 Å². The molecule has 0 aliphatic carbocycles. The molecule has 17 unspecified atom stereocenters. The molecule has 3 saturated heterocycles. The molecule has 17 atom stereocenters. The SMILES string of the molecule is CCCCCCCCCC/C=C\CCCCCCCCCCCCCCCC(=O)NC(COC1OC(CO)C(OC2OC(CO)C(OC3OC(CO)C(O)C(O)C3O)C(O)C2O)C(O)C1O)C(O)/C=C/CC/C=C/CC/C=C/CCCCCCCCCCCCCCCCCCCCCCCCC. The lowest BCUT2D eigenvalue weighted by Crippen LogP contribution is -2.66. The van der Waals surface area contributed by atoms with Gasteiger partial charge in [-0.3, -0.25) is 4.79 Å². The highest BCUT2D eigenvalue weighted by Crippen LogP contribution is 2.33. The van der Waals surface area contributed by atoms with Crippen molar-refractivity contribution in [2.75, 3.05) is 26.4 Å². The lowest BCUT2D eigenvalue weighted by atomic mass is 9.96. The smallest absolute Gasteiger partial charge is 0.220 e. The van der Waals surface area contributed by atoms with Crippen molar-refractivity contribution in [3.63, 3.8) is 0 Å². The summed E-state index contributed by atoms with van der Waals surface area (Å²) in [5.41, 5.74) is 0. The van der Waals surface area contributed by atoms with Crippen LogP contribution in [0, 0.1) is 0 Å². The first kappa shape index (κ1) is 95.0. The van der Waals surface area contributed by atoms with E-state index in [1.54, 1.807) is 6.08 Å². The normalized spacial score (nSPS) is 26.2. The average molecular weight is 1470 g/mol. The summed E-state index contributed by atoms with van der Waals surface area (Å²) in [6.07, 6.45) is 55.5. The van der Waals surface area contributed by atoms with Crippen molar-refractivity contribution < 1.29 is 89.4 Å². The van der Waals surface area contributed by atoms with Gasteiger partial charge in [-0.05, 0) is 70.6 Å². The van der Waals surface area contributed by atoms with E-state index < -0.39 is 124 Å². The maximum Gasteiger partial charge on any atom is 0.220 e. The summed E-state index contributed by atoms with van der Waals surface area (Å²) in [5.74, 6) is -0.285. The van der Waals surface area contributed by atoms with E-state index in [1.807, 2.05) is 6.08 Å². The van der Waals surface area contributed by atoms with Crippen molar-refractivity contribution in [2.45, 2.75) is 452 Å². The van der Waals surface area contributed by atoms with Gasteiger partial charge < -0.3 is 89.9 Å². The Morgan fingerprint density at radius 1 is 0.340 bits per heavy atom. The number of ether oxygens (including phenoxy) is 6. The van der Waals surface area contributed by atoms with E-state index in [0.29, 0.717) is 12.8 Å². The minimum atomic E-state index is -1.98. The first-order chi connectivity index (χ1) is 50.3. The zero-order valence-electron chi connectivity index (χ0n) is 64.8. The lowest BCUT2D eigenvalue weighted by molar-refractivity contribution is -0.379. The van der Waals surface area contributed by atoms with E-state index in [4.69, 9.17) is 28.4 Å². The zero-order valence-corrected chi connectivity index (χ0v) is 64.8. The number of amides is 1. The number of hydrogen-bond donors (Lipinski definition) is 12. The highest BCUT2D eigenvalue weighted by molar-refractivity contribution is 5.76. The largest absolute Gasteiger partial charge is 0.394 e. The Labute approximate surface area is 624 Å². The molecule has 3 heterocycles. The quantitative estimate of drug-likeness (QED) is 0.0199. The molecule has 3 fully saturated rings. The Morgan fingerprint density at radius 3 is 0.971 bits per heavy atom. The fourth-order valence-electron chi connectivity index (χ4n) is 14.3. The molecule has 0 aromatic rings.